The number of hydrogen-bond acceptors (Lipinski definition) is 27. The van der Waals surface area contributed by atoms with Crippen LogP contribution in [0.4, 0.5) is 17.5 Å². The number of imidazole rings is 3. The Morgan fingerprint density at radius 1 is 0.470 bits per heavy atom. The Morgan fingerprint density at radius 2 is 0.742 bits per heavy atom. The van der Waals surface area contributed by atoms with Gasteiger partial charge in [0.15, 0.2) is 53.1 Å². The maximum atomic E-state index is 13.7. The minimum absolute atomic E-state index is 0.0355. The third-order valence-corrected chi connectivity index (χ3v) is 13.8. The van der Waals surface area contributed by atoms with Crippen molar-refractivity contribution < 1.29 is 85.0 Å². The van der Waals surface area contributed by atoms with Crippen molar-refractivity contribution >= 4 is 74.4 Å². The van der Waals surface area contributed by atoms with Crippen molar-refractivity contribution in [2.45, 2.75) is 73.6 Å². The van der Waals surface area contributed by atoms with E-state index in [2.05, 4.69) is 44.9 Å². The van der Waals surface area contributed by atoms with Gasteiger partial charge in [0.25, 0.3) is 0 Å². The molecule has 0 amide bonds. The van der Waals surface area contributed by atoms with Crippen molar-refractivity contribution in [1.29, 1.82) is 0 Å². The Labute approximate surface area is 366 Å². The van der Waals surface area contributed by atoms with E-state index >= 15 is 0 Å². The van der Waals surface area contributed by atoms with Gasteiger partial charge in [-0.3, -0.25) is 40.8 Å². The molecule has 4 aliphatic rings. The highest BCUT2D eigenvalue weighted by molar-refractivity contribution is 7.48. The molecule has 354 valence electrons. The fourth-order valence-corrected chi connectivity index (χ4v) is 10.8. The molecule has 0 saturated carbocycles. The molecule has 0 bridgehead atoms. The lowest BCUT2D eigenvalue weighted by Gasteiger charge is -2.27. The van der Waals surface area contributed by atoms with Crippen LogP contribution in [-0.4, -0.2) is 163 Å². The normalized spacial score (nSPS) is 38.3. The zero-order valence-electron chi connectivity index (χ0n) is 33.0. The van der Waals surface area contributed by atoms with Gasteiger partial charge in [0, 0.05) is 0 Å². The summed E-state index contributed by atoms with van der Waals surface area (Å²) in [5.74, 6) is -0.133. The average molecular weight is 988 g/mol. The number of nitrogens with zero attached hydrogens (tertiary/aromatic N) is 12. The summed E-state index contributed by atoms with van der Waals surface area (Å²) in [5.41, 5.74) is 18.2. The van der Waals surface area contributed by atoms with Crippen LogP contribution in [0.15, 0.2) is 38.0 Å². The van der Waals surface area contributed by atoms with Gasteiger partial charge in [-0.2, -0.15) is 0 Å². The van der Waals surface area contributed by atoms with Crippen molar-refractivity contribution in [1.82, 2.24) is 58.6 Å². The van der Waals surface area contributed by atoms with Crippen LogP contribution < -0.4 is 17.2 Å². The maximum absolute atomic E-state index is 13.7. The Morgan fingerprint density at radius 3 is 1.02 bits per heavy atom. The topological polar surface area (TPSA) is 465 Å². The second-order valence-electron chi connectivity index (χ2n) is 14.9. The van der Waals surface area contributed by atoms with Gasteiger partial charge in [0.1, 0.15) is 90.5 Å². The van der Waals surface area contributed by atoms with E-state index in [1.54, 1.807) is 0 Å². The number of rotatable bonds is 3. The van der Waals surface area contributed by atoms with Crippen molar-refractivity contribution in [3.8, 4) is 0 Å². The van der Waals surface area contributed by atoms with Crippen LogP contribution in [0.3, 0.4) is 0 Å². The summed E-state index contributed by atoms with van der Waals surface area (Å²) in [4.78, 5) is 69.7. The van der Waals surface area contributed by atoms with E-state index in [1.165, 1.54) is 13.7 Å². The lowest BCUT2D eigenvalue weighted by molar-refractivity contribution is -0.0663. The lowest BCUT2D eigenvalue weighted by Crippen LogP contribution is -2.39. The van der Waals surface area contributed by atoms with Crippen molar-refractivity contribution in [3.63, 3.8) is 0 Å². The van der Waals surface area contributed by atoms with Crippen LogP contribution in [0, 0.1) is 0 Å². The van der Waals surface area contributed by atoms with E-state index in [-0.39, 0.29) is 50.9 Å². The first kappa shape index (κ1) is 44.9. The number of anilines is 3. The molecule has 0 aliphatic carbocycles. The van der Waals surface area contributed by atoms with Gasteiger partial charge in [-0.25, -0.2) is 58.6 Å². The van der Waals surface area contributed by atoms with Gasteiger partial charge in [-0.1, -0.05) is 0 Å². The molecule has 6 aromatic rings. The molecule has 4 saturated heterocycles. The SMILES string of the molecule is Nc1ncnc2c1ncn2[C@@H]1O[C@@H]2COP(=O)(O)O[C@H]3[C@@H](O)[C@H](n4cnc5c(N)ncnc54)O[C@@H]3COP(=O)(O)O[C@H]3[C@@H](O)[C@H](n4cnc5c(N)ncnc54)O[C@@H]3COP(=O)(O)O[C@H]2[C@H]1O. The van der Waals surface area contributed by atoms with Gasteiger partial charge in [0.2, 0.25) is 0 Å². The van der Waals surface area contributed by atoms with Crippen molar-refractivity contribution in [3.05, 3.63) is 38.0 Å². The second kappa shape index (κ2) is 16.7. The molecule has 3 unspecified atom stereocenters. The molecule has 4 fully saturated rings. The predicted molar refractivity (Wildman–Crippen MR) is 211 cm³/mol. The zero-order chi connectivity index (χ0) is 46.4. The minimum Gasteiger partial charge on any atom is -0.386 e. The monoisotopic (exact) mass is 987 g/mol. The van der Waals surface area contributed by atoms with Gasteiger partial charge in [0.05, 0.1) is 38.8 Å². The number of phosphoric ester groups is 3. The number of aromatic nitrogens is 12. The Kier molecular flexibility index (Phi) is 11.4. The van der Waals surface area contributed by atoms with Gasteiger partial charge in [-0.15, -0.1) is 0 Å². The standard InChI is InChI=1S/C30H36N15O18P3/c31-22-13-25(37-4-34-22)43(7-40-13)28-16(46)19-10(58-28)1-55-64(49,50)62-20-11(59-29(17(20)47)44-8-41-14-23(32)35-5-38-26(14)44)2-57-66(53,54)63-21-12(3-56-65(51,52)61-19)60-30(18(21)48)45-9-42-15-24(33)36-6-39-27(15)45/h4-12,16-21,28-30,46-48H,1-3H2,(H,49,50)(H,51,52)(H,53,54)(H2,31,34,37)(H2,32,35,38)(H2,33,36,39)/t10-,11-,12-,16-,17-,18-,19-,20-,21-,28-,29-,30-/m1/s1. The first-order valence-corrected chi connectivity index (χ1v) is 23.6. The van der Waals surface area contributed by atoms with Crippen LogP contribution in [0.25, 0.3) is 33.5 Å². The van der Waals surface area contributed by atoms with Crippen molar-refractivity contribution in [2.24, 2.45) is 0 Å². The Hall–Kier alpha value is -4.86. The van der Waals surface area contributed by atoms with E-state index in [9.17, 15) is 43.7 Å². The molecule has 10 rings (SSSR count). The molecule has 0 radical (unpaired) electrons. The summed E-state index contributed by atoms with van der Waals surface area (Å²) >= 11 is 0. The van der Waals surface area contributed by atoms with Crippen molar-refractivity contribution in [2.75, 3.05) is 37.0 Å². The highest BCUT2D eigenvalue weighted by atomic mass is 31.2. The molecule has 0 spiro atoms. The summed E-state index contributed by atoms with van der Waals surface area (Å²) in [5, 5.41) is 34.9. The van der Waals surface area contributed by atoms with Crippen LogP contribution in [0.1, 0.15) is 18.7 Å². The maximum Gasteiger partial charge on any atom is 0.472 e. The van der Waals surface area contributed by atoms with Crippen LogP contribution in [0.2, 0.25) is 0 Å². The molecular formula is C30H36N15O18P3. The zero-order valence-corrected chi connectivity index (χ0v) is 35.7. The fraction of sp³-hybridized carbons (Fsp3) is 0.500. The van der Waals surface area contributed by atoms with E-state index in [0.717, 1.165) is 38.0 Å². The number of ether oxygens (including phenoxy) is 3. The number of fused-ring (bicyclic) bond motifs is 6. The quantitative estimate of drug-likeness (QED) is 0.0831. The Balaban J connectivity index is 1.00. The summed E-state index contributed by atoms with van der Waals surface area (Å²) in [6.07, 6.45) is -14.6. The first-order valence-electron chi connectivity index (χ1n) is 19.2. The van der Waals surface area contributed by atoms with Crippen LogP contribution in [-0.2, 0) is 55.0 Å². The second-order valence-corrected chi connectivity index (χ2v) is 19.1. The number of aliphatic hydroxyl groups excluding tert-OH is 3. The molecule has 6 aromatic heterocycles. The van der Waals surface area contributed by atoms with E-state index in [4.69, 9.17) is 58.6 Å². The minimum atomic E-state index is -5.44. The van der Waals surface area contributed by atoms with E-state index in [1.807, 2.05) is 0 Å². The molecule has 66 heavy (non-hydrogen) atoms. The number of phosphoric acid groups is 3. The number of nitrogens with two attached hydrogens (primary N) is 3. The molecule has 4 aliphatic heterocycles. The summed E-state index contributed by atoms with van der Waals surface area (Å²) < 4.78 is 94.8. The van der Waals surface area contributed by atoms with Gasteiger partial charge < -0.3 is 61.4 Å². The number of aliphatic hydroxyl groups is 3. The third kappa shape index (κ3) is 8.10. The van der Waals surface area contributed by atoms with Gasteiger partial charge >= 0.3 is 23.5 Å². The largest absolute Gasteiger partial charge is 0.472 e. The number of hydrogen-bond donors (Lipinski definition) is 9. The molecule has 10 heterocycles. The van der Waals surface area contributed by atoms with E-state index in [0.29, 0.717) is 0 Å². The first-order chi connectivity index (χ1) is 31.4. The van der Waals surface area contributed by atoms with Gasteiger partial charge in [-0.05, 0) is 0 Å². The van der Waals surface area contributed by atoms with Crippen LogP contribution in [0.5, 0.6) is 0 Å². The molecule has 15 atom stereocenters. The highest BCUT2D eigenvalue weighted by Gasteiger charge is 2.55. The Bertz CT molecular complexity index is 2660. The molecule has 36 heteroatoms. The summed E-state index contributed by atoms with van der Waals surface area (Å²) in [6.45, 7) is -3.08. The summed E-state index contributed by atoms with van der Waals surface area (Å²) in [6, 6.07) is 0. The average Bonchev–Trinajstić information content (AvgIpc) is 4.13. The highest BCUT2D eigenvalue weighted by Crippen LogP contribution is 2.55. The smallest absolute Gasteiger partial charge is 0.386 e. The fourth-order valence-electron chi connectivity index (χ4n) is 7.87. The predicted octanol–water partition coefficient (Wildman–Crippen LogP) is -2.45. The molecule has 12 N–H and O–H groups in total. The number of nitrogen functional groups attached to an aromatic ring is 3. The summed E-state index contributed by atoms with van der Waals surface area (Å²) in [7, 11) is -16.3. The molecule has 33 nitrogen and oxygen atoms in total. The molecular weight excluding hydrogens is 951 g/mol. The third-order valence-electron chi connectivity index (χ3n) is 10.9. The lowest BCUT2D eigenvalue weighted by atomic mass is 10.1. The van der Waals surface area contributed by atoms with E-state index < -0.39 is 117 Å². The molecule has 0 aromatic carbocycles. The van der Waals surface area contributed by atoms with Crippen LogP contribution >= 0.6 is 23.5 Å².